The average molecular weight is 472 g/mol. The quantitative estimate of drug-likeness (QED) is 0.312. The molecular weight excluding hydrogens is 446 g/mol. The Morgan fingerprint density at radius 3 is 2.51 bits per heavy atom. The van der Waals surface area contributed by atoms with Crippen LogP contribution in [0, 0.1) is 0 Å². The zero-order valence-corrected chi connectivity index (χ0v) is 18.9. The van der Waals surface area contributed by atoms with Gasteiger partial charge in [-0.3, -0.25) is 4.79 Å². The first-order valence-electron chi connectivity index (χ1n) is 11.3. The molecule has 1 saturated carbocycles. The lowest BCUT2D eigenvalue weighted by molar-refractivity contribution is 0.0996. The summed E-state index contributed by atoms with van der Waals surface area (Å²) in [6.07, 6.45) is 12.1. The van der Waals surface area contributed by atoms with Crippen molar-refractivity contribution in [3.05, 3.63) is 60.9 Å². The summed E-state index contributed by atoms with van der Waals surface area (Å²) in [5.41, 5.74) is 13.9. The minimum Gasteiger partial charge on any atom is -0.364 e. The molecule has 6 N–H and O–H groups in total. The van der Waals surface area contributed by atoms with Crippen LogP contribution in [0.2, 0.25) is 0 Å². The van der Waals surface area contributed by atoms with Gasteiger partial charge in [-0.1, -0.05) is 12.8 Å². The maximum Gasteiger partial charge on any atom is 0.271 e. The molecule has 178 valence electrons. The van der Waals surface area contributed by atoms with Gasteiger partial charge in [0.05, 0.1) is 24.3 Å². The van der Waals surface area contributed by atoms with Gasteiger partial charge in [0.1, 0.15) is 5.82 Å². The predicted molar refractivity (Wildman–Crippen MR) is 130 cm³/mol. The molecule has 0 spiro atoms. The van der Waals surface area contributed by atoms with E-state index in [1.807, 2.05) is 18.2 Å². The fraction of sp³-hybridized carbons (Fsp3) is 0.261. The number of carbonyl (C=O) groups is 1. The van der Waals surface area contributed by atoms with Crippen molar-refractivity contribution < 1.29 is 4.79 Å². The number of hydrogen-bond acceptors (Lipinski definition) is 10. The van der Waals surface area contributed by atoms with Crippen molar-refractivity contribution >= 4 is 23.2 Å². The molecule has 12 nitrogen and oxygen atoms in total. The van der Waals surface area contributed by atoms with E-state index in [2.05, 4.69) is 40.8 Å². The van der Waals surface area contributed by atoms with Crippen LogP contribution >= 0.6 is 0 Å². The number of amides is 1. The number of aromatic nitrogens is 7. The zero-order valence-electron chi connectivity index (χ0n) is 18.9. The van der Waals surface area contributed by atoms with E-state index in [1.165, 1.54) is 11.0 Å². The number of hydrogen-bond donors (Lipinski definition) is 4. The molecule has 0 unspecified atom stereocenters. The van der Waals surface area contributed by atoms with Crippen molar-refractivity contribution in [2.75, 3.05) is 10.6 Å². The Morgan fingerprint density at radius 2 is 1.77 bits per heavy atom. The lowest BCUT2D eigenvalue weighted by atomic mass is 9.91. The maximum absolute atomic E-state index is 12.1. The molecule has 1 amide bonds. The van der Waals surface area contributed by atoms with Gasteiger partial charge in [0.25, 0.3) is 5.91 Å². The lowest BCUT2D eigenvalue weighted by Crippen LogP contribution is -2.42. The summed E-state index contributed by atoms with van der Waals surface area (Å²) in [6.45, 7) is 0. The highest BCUT2D eigenvalue weighted by molar-refractivity contribution is 5.96. The van der Waals surface area contributed by atoms with Crippen molar-refractivity contribution in [3.63, 3.8) is 0 Å². The minimum absolute atomic E-state index is 0.0172. The smallest absolute Gasteiger partial charge is 0.271 e. The van der Waals surface area contributed by atoms with Crippen LogP contribution in [-0.4, -0.2) is 52.9 Å². The van der Waals surface area contributed by atoms with Gasteiger partial charge in [-0.05, 0) is 37.1 Å². The Hall–Kier alpha value is -4.45. The molecule has 1 aliphatic carbocycles. The standard InChI is InChI=1S/C23H25N11O/c24-17-4-1-2-5-18(17)32-19-13-28-20(21(25)35)23(33-19)31-15-10-14(22-26-6-3-7-27-22)11-16(12-15)34-29-8-9-30-34/h3,6-13,17-18H,1-2,4-5,24H2,(H2,25,35)(H2,31,32,33)/t17-,18+/m0/s1. The molecule has 2 atom stereocenters. The van der Waals surface area contributed by atoms with E-state index in [0.29, 0.717) is 23.0 Å². The van der Waals surface area contributed by atoms with Gasteiger partial charge in [0.2, 0.25) is 0 Å². The Balaban J connectivity index is 1.51. The van der Waals surface area contributed by atoms with E-state index in [4.69, 9.17) is 11.5 Å². The van der Waals surface area contributed by atoms with Gasteiger partial charge in [-0.2, -0.15) is 15.0 Å². The van der Waals surface area contributed by atoms with Crippen LogP contribution < -0.4 is 22.1 Å². The number of rotatable bonds is 7. The second kappa shape index (κ2) is 9.81. The van der Waals surface area contributed by atoms with Gasteiger partial charge >= 0.3 is 0 Å². The van der Waals surface area contributed by atoms with Gasteiger partial charge < -0.3 is 22.1 Å². The number of primary amides is 1. The second-order valence-corrected chi connectivity index (χ2v) is 8.30. The molecule has 0 bridgehead atoms. The van der Waals surface area contributed by atoms with Crippen molar-refractivity contribution in [1.29, 1.82) is 0 Å². The Kier molecular flexibility index (Phi) is 6.26. The zero-order chi connectivity index (χ0) is 24.2. The molecule has 1 fully saturated rings. The van der Waals surface area contributed by atoms with Gasteiger partial charge in [0, 0.05) is 35.7 Å². The fourth-order valence-electron chi connectivity index (χ4n) is 4.12. The van der Waals surface area contributed by atoms with Gasteiger partial charge in [0.15, 0.2) is 17.3 Å². The Morgan fingerprint density at radius 1 is 1.00 bits per heavy atom. The summed E-state index contributed by atoms with van der Waals surface area (Å²) in [5, 5.41) is 15.0. The Labute approximate surface area is 201 Å². The third-order valence-electron chi connectivity index (χ3n) is 5.81. The summed E-state index contributed by atoms with van der Waals surface area (Å²) in [7, 11) is 0. The van der Waals surface area contributed by atoms with Crippen LogP contribution in [0.4, 0.5) is 17.3 Å². The molecule has 1 aromatic carbocycles. The molecule has 35 heavy (non-hydrogen) atoms. The number of benzene rings is 1. The molecule has 0 radical (unpaired) electrons. The molecule has 12 heteroatoms. The molecule has 5 rings (SSSR count). The van der Waals surface area contributed by atoms with Crippen LogP contribution in [0.5, 0.6) is 0 Å². The highest BCUT2D eigenvalue weighted by atomic mass is 16.1. The van der Waals surface area contributed by atoms with Gasteiger partial charge in [-0.15, -0.1) is 0 Å². The first-order valence-corrected chi connectivity index (χ1v) is 11.3. The monoisotopic (exact) mass is 471 g/mol. The van der Waals surface area contributed by atoms with E-state index < -0.39 is 5.91 Å². The fourth-order valence-corrected chi connectivity index (χ4v) is 4.12. The summed E-state index contributed by atoms with van der Waals surface area (Å²) in [6, 6.07) is 7.38. The van der Waals surface area contributed by atoms with Crippen LogP contribution in [0.3, 0.4) is 0 Å². The highest BCUT2D eigenvalue weighted by Crippen LogP contribution is 2.28. The first-order chi connectivity index (χ1) is 17.1. The van der Waals surface area contributed by atoms with Crippen molar-refractivity contribution in [2.45, 2.75) is 37.8 Å². The van der Waals surface area contributed by atoms with Crippen LogP contribution in [-0.2, 0) is 0 Å². The SMILES string of the molecule is NC(=O)c1ncc(N[C@@H]2CCCC[C@@H]2N)nc1Nc1cc(-c2ncccn2)cc(-n2nccn2)c1. The van der Waals surface area contributed by atoms with Crippen molar-refractivity contribution in [1.82, 2.24) is 34.9 Å². The summed E-state index contributed by atoms with van der Waals surface area (Å²) < 4.78 is 0. The average Bonchev–Trinajstić information content (AvgIpc) is 3.41. The summed E-state index contributed by atoms with van der Waals surface area (Å²) >= 11 is 0. The highest BCUT2D eigenvalue weighted by Gasteiger charge is 2.23. The topological polar surface area (TPSA) is 175 Å². The molecule has 3 aromatic heterocycles. The molecule has 0 aliphatic heterocycles. The molecule has 3 heterocycles. The van der Waals surface area contributed by atoms with Gasteiger partial charge in [-0.25, -0.2) is 19.9 Å². The largest absolute Gasteiger partial charge is 0.364 e. The third kappa shape index (κ3) is 5.06. The third-order valence-corrected chi connectivity index (χ3v) is 5.81. The second-order valence-electron chi connectivity index (χ2n) is 8.30. The number of carbonyl (C=O) groups excluding carboxylic acids is 1. The Bertz CT molecular complexity index is 1310. The van der Waals surface area contributed by atoms with E-state index in [-0.39, 0.29) is 23.6 Å². The molecule has 0 saturated heterocycles. The van der Waals surface area contributed by atoms with E-state index in [1.54, 1.807) is 30.9 Å². The number of nitrogens with zero attached hydrogens (tertiary/aromatic N) is 7. The first kappa shape index (κ1) is 22.3. The van der Waals surface area contributed by atoms with Crippen LogP contribution in [0.25, 0.3) is 17.1 Å². The number of nitrogens with one attached hydrogen (secondary N) is 2. The van der Waals surface area contributed by atoms with Crippen molar-refractivity contribution in [2.24, 2.45) is 11.5 Å². The van der Waals surface area contributed by atoms with Crippen LogP contribution in [0.15, 0.2) is 55.2 Å². The molecular formula is C23H25N11O. The van der Waals surface area contributed by atoms with E-state index >= 15 is 0 Å². The summed E-state index contributed by atoms with van der Waals surface area (Å²) in [4.78, 5) is 31.1. The van der Waals surface area contributed by atoms with E-state index in [9.17, 15) is 4.79 Å². The lowest BCUT2D eigenvalue weighted by Gasteiger charge is -2.29. The predicted octanol–water partition coefficient (Wildman–Crippen LogP) is 2.04. The van der Waals surface area contributed by atoms with Crippen molar-refractivity contribution in [3.8, 4) is 17.1 Å². The summed E-state index contributed by atoms with van der Waals surface area (Å²) in [5.74, 6) is 0.554. The molecule has 1 aliphatic rings. The van der Waals surface area contributed by atoms with E-state index in [0.717, 1.165) is 31.2 Å². The number of nitrogens with two attached hydrogens (primary N) is 2. The minimum atomic E-state index is -0.697. The normalized spacial score (nSPS) is 17.6. The number of anilines is 3. The molecule has 4 aromatic rings. The van der Waals surface area contributed by atoms with Crippen LogP contribution in [0.1, 0.15) is 36.2 Å². The maximum atomic E-state index is 12.1.